The Labute approximate surface area is 148 Å². The predicted octanol–water partition coefficient (Wildman–Crippen LogP) is 3.66. The van der Waals surface area contributed by atoms with E-state index < -0.39 is 0 Å². The standard InChI is InChI=1S/C20H23N5/c1-14-9-16(3)25(23-14)20-12-21-11-19(22-20)24-13-18(10-15(24)2)17-7-5-4-6-8-17/h4-9,11-12,15,18H,10,13H2,1-3H3. The van der Waals surface area contributed by atoms with E-state index in [9.17, 15) is 0 Å². The van der Waals surface area contributed by atoms with Crippen molar-refractivity contribution in [3.8, 4) is 5.82 Å². The molecule has 1 aliphatic heterocycles. The van der Waals surface area contributed by atoms with Crippen LogP contribution in [0.25, 0.3) is 5.82 Å². The lowest BCUT2D eigenvalue weighted by Crippen LogP contribution is -2.28. The molecule has 5 nitrogen and oxygen atoms in total. The monoisotopic (exact) mass is 333 g/mol. The van der Waals surface area contributed by atoms with Crippen molar-refractivity contribution in [2.75, 3.05) is 11.4 Å². The highest BCUT2D eigenvalue weighted by Gasteiger charge is 2.31. The van der Waals surface area contributed by atoms with Crippen LogP contribution in [0.3, 0.4) is 0 Å². The Bertz CT molecular complexity index is 871. The van der Waals surface area contributed by atoms with Gasteiger partial charge in [-0.25, -0.2) is 9.67 Å². The number of anilines is 1. The quantitative estimate of drug-likeness (QED) is 0.734. The number of nitrogens with zero attached hydrogens (tertiary/aromatic N) is 5. The van der Waals surface area contributed by atoms with E-state index >= 15 is 0 Å². The van der Waals surface area contributed by atoms with Gasteiger partial charge in [0.1, 0.15) is 5.82 Å². The van der Waals surface area contributed by atoms with Crippen molar-refractivity contribution >= 4 is 5.82 Å². The van der Waals surface area contributed by atoms with E-state index in [2.05, 4.69) is 58.3 Å². The zero-order valence-corrected chi connectivity index (χ0v) is 14.9. The van der Waals surface area contributed by atoms with E-state index in [0.717, 1.165) is 36.0 Å². The smallest absolute Gasteiger partial charge is 0.174 e. The van der Waals surface area contributed by atoms with Crippen LogP contribution in [0.2, 0.25) is 0 Å². The van der Waals surface area contributed by atoms with Crippen molar-refractivity contribution in [3.05, 3.63) is 65.7 Å². The van der Waals surface area contributed by atoms with Crippen LogP contribution in [0.15, 0.2) is 48.8 Å². The van der Waals surface area contributed by atoms with E-state index in [4.69, 9.17) is 4.98 Å². The topological polar surface area (TPSA) is 46.8 Å². The van der Waals surface area contributed by atoms with Crippen LogP contribution in [0.5, 0.6) is 0 Å². The summed E-state index contributed by atoms with van der Waals surface area (Å²) in [6, 6.07) is 13.2. The molecule has 1 fully saturated rings. The summed E-state index contributed by atoms with van der Waals surface area (Å²) in [5.74, 6) is 2.24. The third kappa shape index (κ3) is 3.02. The molecular weight excluding hydrogens is 310 g/mol. The SMILES string of the molecule is Cc1cc(C)n(-c2cncc(N3CC(c4ccccc4)CC3C)n2)n1. The Balaban J connectivity index is 1.62. The lowest BCUT2D eigenvalue weighted by molar-refractivity contribution is 0.694. The summed E-state index contributed by atoms with van der Waals surface area (Å²) in [5.41, 5.74) is 3.46. The lowest BCUT2D eigenvalue weighted by atomic mass is 9.97. The van der Waals surface area contributed by atoms with Gasteiger partial charge < -0.3 is 4.90 Å². The number of aryl methyl sites for hydroxylation is 2. The second kappa shape index (κ2) is 6.31. The summed E-state index contributed by atoms with van der Waals surface area (Å²) in [5, 5.41) is 4.53. The molecule has 0 saturated carbocycles. The van der Waals surface area contributed by atoms with E-state index in [1.54, 1.807) is 6.20 Å². The van der Waals surface area contributed by atoms with E-state index in [-0.39, 0.29) is 0 Å². The average molecular weight is 333 g/mol. The summed E-state index contributed by atoms with van der Waals surface area (Å²) in [7, 11) is 0. The minimum atomic E-state index is 0.440. The van der Waals surface area contributed by atoms with Crippen molar-refractivity contribution in [1.29, 1.82) is 0 Å². The fraction of sp³-hybridized carbons (Fsp3) is 0.350. The highest BCUT2D eigenvalue weighted by molar-refractivity contribution is 5.44. The first-order valence-electron chi connectivity index (χ1n) is 8.79. The molecule has 3 aromatic rings. The van der Waals surface area contributed by atoms with Crippen molar-refractivity contribution in [1.82, 2.24) is 19.7 Å². The van der Waals surface area contributed by atoms with Gasteiger partial charge in [0, 0.05) is 24.2 Å². The molecule has 2 aromatic heterocycles. The minimum absolute atomic E-state index is 0.440. The first-order valence-corrected chi connectivity index (χ1v) is 8.79. The van der Waals surface area contributed by atoms with Crippen LogP contribution in [0.1, 0.15) is 36.2 Å². The van der Waals surface area contributed by atoms with Crippen LogP contribution >= 0.6 is 0 Å². The van der Waals surface area contributed by atoms with Gasteiger partial charge in [-0.05, 0) is 38.8 Å². The van der Waals surface area contributed by atoms with E-state index in [1.165, 1.54) is 5.56 Å². The summed E-state index contributed by atoms with van der Waals surface area (Å²) < 4.78 is 1.86. The summed E-state index contributed by atoms with van der Waals surface area (Å²) in [4.78, 5) is 11.6. The second-order valence-electron chi connectivity index (χ2n) is 6.92. The highest BCUT2D eigenvalue weighted by atomic mass is 15.3. The maximum absolute atomic E-state index is 4.84. The van der Waals surface area contributed by atoms with Crippen LogP contribution < -0.4 is 4.90 Å². The molecule has 0 aliphatic carbocycles. The highest BCUT2D eigenvalue weighted by Crippen LogP contribution is 2.34. The minimum Gasteiger partial charge on any atom is -0.352 e. The lowest BCUT2D eigenvalue weighted by Gasteiger charge is -2.22. The molecule has 0 amide bonds. The molecule has 1 aliphatic rings. The summed E-state index contributed by atoms with van der Waals surface area (Å²) in [6.07, 6.45) is 4.77. The molecule has 2 atom stereocenters. The Morgan fingerprint density at radius 3 is 2.52 bits per heavy atom. The first kappa shape index (κ1) is 15.8. The molecule has 25 heavy (non-hydrogen) atoms. The molecular formula is C20H23N5. The van der Waals surface area contributed by atoms with Crippen LogP contribution in [0, 0.1) is 13.8 Å². The number of benzene rings is 1. The Hall–Kier alpha value is -2.69. The summed E-state index contributed by atoms with van der Waals surface area (Å²) >= 11 is 0. The molecule has 1 saturated heterocycles. The molecule has 0 spiro atoms. The molecule has 5 heteroatoms. The molecule has 128 valence electrons. The van der Waals surface area contributed by atoms with Gasteiger partial charge in [0.25, 0.3) is 0 Å². The van der Waals surface area contributed by atoms with Crippen LogP contribution in [-0.4, -0.2) is 32.3 Å². The Kier molecular flexibility index (Phi) is 3.99. The van der Waals surface area contributed by atoms with Crippen molar-refractivity contribution in [2.45, 2.75) is 39.2 Å². The zero-order chi connectivity index (χ0) is 17.4. The van der Waals surface area contributed by atoms with Gasteiger partial charge >= 0.3 is 0 Å². The van der Waals surface area contributed by atoms with Crippen LogP contribution in [0.4, 0.5) is 5.82 Å². The molecule has 0 N–H and O–H groups in total. The molecule has 4 rings (SSSR count). The number of rotatable bonds is 3. The van der Waals surface area contributed by atoms with Gasteiger partial charge in [0.15, 0.2) is 5.82 Å². The average Bonchev–Trinajstić information content (AvgIpc) is 3.18. The second-order valence-corrected chi connectivity index (χ2v) is 6.92. The van der Waals surface area contributed by atoms with Gasteiger partial charge in [-0.15, -0.1) is 0 Å². The van der Waals surface area contributed by atoms with E-state index in [1.807, 2.05) is 24.7 Å². The molecule has 3 heterocycles. The van der Waals surface area contributed by atoms with Gasteiger partial charge in [-0.2, -0.15) is 5.10 Å². The molecule has 1 aromatic carbocycles. The van der Waals surface area contributed by atoms with Crippen molar-refractivity contribution in [3.63, 3.8) is 0 Å². The Morgan fingerprint density at radius 2 is 1.80 bits per heavy atom. The number of hydrogen-bond acceptors (Lipinski definition) is 4. The summed E-state index contributed by atoms with van der Waals surface area (Å²) in [6.45, 7) is 7.27. The maximum atomic E-state index is 4.84. The maximum Gasteiger partial charge on any atom is 0.174 e. The largest absolute Gasteiger partial charge is 0.352 e. The van der Waals surface area contributed by atoms with Gasteiger partial charge in [0.2, 0.25) is 0 Å². The van der Waals surface area contributed by atoms with Crippen molar-refractivity contribution in [2.24, 2.45) is 0 Å². The Morgan fingerprint density at radius 1 is 1.04 bits per heavy atom. The number of aromatic nitrogens is 4. The molecule has 2 unspecified atom stereocenters. The first-order chi connectivity index (χ1) is 12.1. The third-order valence-electron chi connectivity index (χ3n) is 4.98. The predicted molar refractivity (Wildman–Crippen MR) is 99.2 cm³/mol. The normalized spacial score (nSPS) is 20.2. The fourth-order valence-corrected chi connectivity index (χ4v) is 3.76. The van der Waals surface area contributed by atoms with Gasteiger partial charge in [-0.3, -0.25) is 4.98 Å². The third-order valence-corrected chi connectivity index (χ3v) is 4.98. The number of hydrogen-bond donors (Lipinski definition) is 0. The van der Waals surface area contributed by atoms with Gasteiger partial charge in [0.05, 0.1) is 18.1 Å². The van der Waals surface area contributed by atoms with Gasteiger partial charge in [-0.1, -0.05) is 30.3 Å². The van der Waals surface area contributed by atoms with Crippen molar-refractivity contribution < 1.29 is 0 Å². The molecule has 0 radical (unpaired) electrons. The fourth-order valence-electron chi connectivity index (χ4n) is 3.76. The molecule has 0 bridgehead atoms. The zero-order valence-electron chi connectivity index (χ0n) is 14.9. The van der Waals surface area contributed by atoms with Crippen LogP contribution in [-0.2, 0) is 0 Å². The van der Waals surface area contributed by atoms with E-state index in [0.29, 0.717) is 12.0 Å².